The third kappa shape index (κ3) is 16.9. The molecule has 0 amide bonds. The fourth-order valence-corrected chi connectivity index (χ4v) is 11.6. The first-order valence-electron chi connectivity index (χ1n) is 23.0. The molecular weight excluding hydrogens is 1200 g/mol. The number of hydrogen-bond acceptors (Lipinski definition) is 11. The van der Waals surface area contributed by atoms with Gasteiger partial charge < -0.3 is 19.0 Å². The van der Waals surface area contributed by atoms with Gasteiger partial charge in [-0.25, -0.2) is 14.6 Å². The van der Waals surface area contributed by atoms with Crippen molar-refractivity contribution in [3.63, 3.8) is 0 Å². The Morgan fingerprint density at radius 1 is 0.733 bits per heavy atom. The van der Waals surface area contributed by atoms with Crippen molar-refractivity contribution >= 4 is 83.2 Å². The number of carbonyl (C=O) groups is 2. The maximum absolute atomic E-state index is 13.2. The zero-order chi connectivity index (χ0) is 56.3. The van der Waals surface area contributed by atoms with Gasteiger partial charge in [0, 0.05) is 21.5 Å². The molecule has 0 radical (unpaired) electrons. The topological polar surface area (TPSA) is 132 Å². The van der Waals surface area contributed by atoms with Crippen LogP contribution in [-0.4, -0.2) is 51.5 Å². The maximum atomic E-state index is 13.2. The van der Waals surface area contributed by atoms with Gasteiger partial charge in [0.2, 0.25) is 0 Å². The second kappa shape index (κ2) is 24.4. The second-order valence-corrected chi connectivity index (χ2v) is 22.6. The van der Waals surface area contributed by atoms with Gasteiger partial charge in [0.05, 0.1) is 20.5 Å². The summed E-state index contributed by atoms with van der Waals surface area (Å²) in [6, 6.07) is 5.05. The average molecular weight is 1250 g/mol. The van der Waals surface area contributed by atoms with E-state index in [-0.39, 0.29) is 61.9 Å². The van der Waals surface area contributed by atoms with Crippen molar-refractivity contribution in [3.05, 3.63) is 93.3 Å². The van der Waals surface area contributed by atoms with Crippen LogP contribution in [-0.2, 0) is 21.8 Å². The molecule has 11 nitrogen and oxygen atoms in total. The normalized spacial score (nSPS) is 20.5. The Labute approximate surface area is 446 Å². The molecule has 27 heteroatoms. The predicted octanol–water partition coefficient (Wildman–Crippen LogP) is 17.1. The van der Waals surface area contributed by atoms with Gasteiger partial charge in [-0.3, -0.25) is 10.1 Å². The summed E-state index contributed by atoms with van der Waals surface area (Å²) in [6.07, 6.45) is -14.7. The number of halogens is 14. The van der Waals surface area contributed by atoms with Crippen LogP contribution in [0.3, 0.4) is 0 Å². The zero-order valence-corrected chi connectivity index (χ0v) is 45.5. The van der Waals surface area contributed by atoms with Crippen LogP contribution >= 0.6 is 54.5 Å². The van der Waals surface area contributed by atoms with Crippen LogP contribution in [0.4, 0.5) is 58.4 Å². The minimum Gasteiger partial charge on any atom is -0.458 e. The lowest BCUT2D eigenvalue weighted by Gasteiger charge is -2.36. The third-order valence-corrected chi connectivity index (χ3v) is 15.9. The number of alkyl halides is 12. The van der Waals surface area contributed by atoms with Crippen molar-refractivity contribution < 1.29 is 86.2 Å². The van der Waals surface area contributed by atoms with Crippen molar-refractivity contribution in [2.75, 3.05) is 0 Å². The van der Waals surface area contributed by atoms with E-state index in [1.54, 1.807) is 0 Å². The van der Waals surface area contributed by atoms with Crippen molar-refractivity contribution in [2.45, 2.75) is 124 Å². The van der Waals surface area contributed by atoms with Crippen molar-refractivity contribution in [1.82, 2.24) is 9.71 Å². The summed E-state index contributed by atoms with van der Waals surface area (Å²) in [5.74, 6) is 0.947. The fraction of sp³-hybridized carbons (Fsp3) is 0.521. The van der Waals surface area contributed by atoms with E-state index in [0.29, 0.717) is 45.8 Å². The highest BCUT2D eigenvalue weighted by atomic mass is 79.9. The summed E-state index contributed by atoms with van der Waals surface area (Å²) in [5, 5.41) is 12.8. The number of benzene rings is 2. The number of esters is 2. The van der Waals surface area contributed by atoms with Gasteiger partial charge in [-0.15, -0.1) is 37.7 Å². The highest BCUT2D eigenvalue weighted by molar-refractivity contribution is 9.11. The minimum absolute atomic E-state index is 0.0581. The third-order valence-electron chi connectivity index (χ3n) is 12.4. The van der Waals surface area contributed by atoms with E-state index in [1.165, 1.54) is 37.2 Å². The Bertz CT molecular complexity index is 2780. The number of nitrogens with zero attached hydrogens (tertiary/aromatic N) is 3. The molecule has 414 valence electrons. The molecule has 5 aromatic rings. The van der Waals surface area contributed by atoms with Gasteiger partial charge >= 0.3 is 37.0 Å². The average Bonchev–Trinajstić information content (AvgIpc) is 3.98. The summed E-state index contributed by atoms with van der Waals surface area (Å²) in [4.78, 5) is 42.9. The molecule has 2 fully saturated rings. The number of non-ortho nitro benzene ring substituents is 1. The molecule has 2 aliphatic rings. The Kier molecular flexibility index (Phi) is 19.9. The van der Waals surface area contributed by atoms with Crippen LogP contribution in [0, 0.1) is 52.5 Å². The molecule has 7 rings (SSSR count). The van der Waals surface area contributed by atoms with E-state index in [2.05, 4.69) is 88.0 Å². The van der Waals surface area contributed by atoms with Crippen LogP contribution in [0.15, 0.2) is 56.8 Å². The number of aromatic nitrogens is 2. The zero-order valence-electron chi connectivity index (χ0n) is 40.7. The maximum Gasteiger partial charge on any atom is 0.591 e. The molecule has 0 spiro atoms. The molecule has 2 aliphatic carbocycles. The fourth-order valence-electron chi connectivity index (χ4n) is 8.82. The van der Waals surface area contributed by atoms with Gasteiger partial charge in [0.1, 0.15) is 27.5 Å². The highest BCUT2D eigenvalue weighted by Crippen LogP contribution is 2.43. The van der Waals surface area contributed by atoms with Gasteiger partial charge in [0.15, 0.2) is 16.4 Å². The predicted molar refractivity (Wildman–Crippen MR) is 261 cm³/mol. The molecule has 6 atom stereocenters. The molecule has 2 aromatic carbocycles. The van der Waals surface area contributed by atoms with Crippen LogP contribution in [0.2, 0.25) is 0 Å². The molecule has 3 aromatic heterocycles. The monoisotopic (exact) mass is 1250 g/mol. The molecule has 0 unspecified atom stereocenters. The summed E-state index contributed by atoms with van der Waals surface area (Å²) < 4.78 is 171. The van der Waals surface area contributed by atoms with E-state index in [0.717, 1.165) is 42.3 Å². The molecule has 3 heterocycles. The van der Waals surface area contributed by atoms with E-state index in [9.17, 15) is 72.4 Å². The number of nitro groups is 1. The largest absolute Gasteiger partial charge is 0.591 e. The number of rotatable bonds is 10. The molecular formula is C48H49Br2F12N3O8S2. The lowest BCUT2D eigenvalue weighted by Crippen LogP contribution is -2.35. The Morgan fingerprint density at radius 2 is 1.24 bits per heavy atom. The number of aryl methyl sites for hydroxylation is 1. The van der Waals surface area contributed by atoms with Crippen LogP contribution in [0.25, 0.3) is 22.4 Å². The lowest BCUT2D eigenvalue weighted by molar-refractivity contribution is -0.383. The first-order chi connectivity index (χ1) is 34.5. The SMILES string of the molecule is CC(C)[C@@H]1CC[C@@H](C)C[C@H]1OC(=O)c1cc(Br)c(OC(F)(F)F)s1.CC(C)[C@@H]1CC[C@@H](C)C[C@H]1OC(=O)c1cc(Br)cs1.Cc1cc([N+](=O)[O-])c2nc(-c3cc(C(F)(F)F)cc(C(F)(F)F)c3)n(OC(F)(F)F)c2c1. The van der Waals surface area contributed by atoms with Crippen molar-refractivity contribution in [3.8, 4) is 16.5 Å². The number of imidazole rings is 1. The highest BCUT2D eigenvalue weighted by Gasteiger charge is 2.41. The molecule has 2 saturated carbocycles. The van der Waals surface area contributed by atoms with Gasteiger partial charge in [-0.2, -0.15) is 31.1 Å². The van der Waals surface area contributed by atoms with Crippen LogP contribution < -0.4 is 9.57 Å². The molecule has 0 aliphatic heterocycles. The molecule has 0 saturated heterocycles. The summed E-state index contributed by atoms with van der Waals surface area (Å²) in [6.45, 7) is 14.3. The molecule has 75 heavy (non-hydrogen) atoms. The number of carbonyl (C=O) groups excluding carboxylic acids is 2. The number of fused-ring (bicyclic) bond motifs is 1. The first kappa shape index (κ1) is 61.2. The van der Waals surface area contributed by atoms with Crippen LogP contribution in [0.1, 0.15) is 116 Å². The van der Waals surface area contributed by atoms with Crippen LogP contribution in [0.5, 0.6) is 5.06 Å². The summed E-state index contributed by atoms with van der Waals surface area (Å²) in [7, 11) is 0. The van der Waals surface area contributed by atoms with Gasteiger partial charge in [-0.1, -0.05) is 65.7 Å². The Morgan fingerprint density at radius 3 is 1.67 bits per heavy atom. The quantitative estimate of drug-likeness (QED) is 0.0580. The standard InChI is InChI=1S/C17H8F9N3O3.C16H20BrF3O3S.C15H21BrO2S/c1-7-2-11-13(12(3-7)29(30)31)27-14(28(11)32-17(24,25)26)8-4-9(15(18,19)20)6-10(5-8)16(21,22)23;1-8(2)10-5-4-9(3)6-12(10)22-14(21)13-7-11(17)15(24-13)23-16(18,19)20;1-9(2)12-5-4-10(3)6-13(12)18-15(17)14-7-11(16)8-19-14/h2-6H,1H3;7-10,12H,4-6H2,1-3H3;7-10,12-13H,4-6H2,1-3H3/t;9-,10+,12-;10-,12+,13-/m.11/s1. The Hall–Kier alpha value is -4.63. The molecule has 0 bridgehead atoms. The second-order valence-electron chi connectivity index (χ2n) is 18.9. The first-order valence-corrected chi connectivity index (χ1v) is 26.2. The number of thiophene rings is 2. The number of nitro benzene ring substituents is 1. The van der Waals surface area contributed by atoms with E-state index < -0.39 is 80.3 Å². The van der Waals surface area contributed by atoms with E-state index in [1.807, 2.05) is 11.4 Å². The summed E-state index contributed by atoms with van der Waals surface area (Å²) in [5.41, 5.74) is -6.88. The van der Waals surface area contributed by atoms with E-state index in [4.69, 9.17) is 9.47 Å². The van der Waals surface area contributed by atoms with Gasteiger partial charge in [0.25, 0.3) is 5.69 Å². The van der Waals surface area contributed by atoms with Gasteiger partial charge in [-0.05, 0) is 142 Å². The Balaban J connectivity index is 0.000000216. The van der Waals surface area contributed by atoms with Crippen molar-refractivity contribution in [1.29, 1.82) is 0 Å². The number of ether oxygens (including phenoxy) is 3. The van der Waals surface area contributed by atoms with Crippen molar-refractivity contribution in [2.24, 2.45) is 35.5 Å². The number of hydrogen-bond donors (Lipinski definition) is 0. The smallest absolute Gasteiger partial charge is 0.458 e. The van der Waals surface area contributed by atoms with E-state index >= 15 is 0 Å². The molecule has 0 N–H and O–H groups in total. The minimum atomic E-state index is -5.46. The summed E-state index contributed by atoms with van der Waals surface area (Å²) >= 11 is 8.42. The lowest BCUT2D eigenvalue weighted by atomic mass is 9.75.